The summed E-state index contributed by atoms with van der Waals surface area (Å²) in [5.74, 6) is -0.336. The van der Waals surface area contributed by atoms with Crippen molar-refractivity contribution in [3.8, 4) is 0 Å². The molecule has 8 heteroatoms. The Morgan fingerprint density at radius 3 is 2.32 bits per heavy atom. The van der Waals surface area contributed by atoms with Crippen LogP contribution in [0.3, 0.4) is 0 Å². The molecule has 1 aromatic rings. The van der Waals surface area contributed by atoms with Gasteiger partial charge in [-0.1, -0.05) is 17.7 Å². The molecule has 0 bridgehead atoms. The second-order valence-electron chi connectivity index (χ2n) is 5.70. The lowest BCUT2D eigenvalue weighted by atomic mass is 10.2. The summed E-state index contributed by atoms with van der Waals surface area (Å²) >= 11 is 5.40. The lowest BCUT2D eigenvalue weighted by molar-refractivity contribution is 0.0165. The fraction of sp³-hybridized carbons (Fsp3) is 0.500. The second kappa shape index (κ2) is 6.49. The first-order chi connectivity index (χ1) is 10.2. The molecule has 0 spiro atoms. The SMILES string of the molecule is Cc1ccc(NC(=S)N([C@H]2CS(=O)(=O)C[C@H]2O)N(C)C)cc1. The molecule has 1 fully saturated rings. The molecule has 6 nitrogen and oxygen atoms in total. The number of hydrazine groups is 1. The third kappa shape index (κ3) is 3.95. The minimum atomic E-state index is -3.24. The molecule has 1 aliphatic heterocycles. The third-order valence-electron chi connectivity index (χ3n) is 3.55. The number of aliphatic hydroxyl groups is 1. The molecule has 2 rings (SSSR count). The van der Waals surface area contributed by atoms with E-state index in [-0.39, 0.29) is 11.5 Å². The average molecular weight is 343 g/mol. The summed E-state index contributed by atoms with van der Waals surface area (Å²) in [5, 5.41) is 16.8. The number of aliphatic hydroxyl groups excluding tert-OH is 1. The number of nitrogens with one attached hydrogen (secondary N) is 1. The maximum Gasteiger partial charge on any atom is 0.188 e. The summed E-state index contributed by atoms with van der Waals surface area (Å²) < 4.78 is 23.5. The fourth-order valence-corrected chi connectivity index (χ4v) is 4.67. The Kier molecular flexibility index (Phi) is 5.06. The number of benzene rings is 1. The normalized spacial score (nSPS) is 23.5. The molecular formula is C14H21N3O3S2. The molecule has 1 heterocycles. The quantitative estimate of drug-likeness (QED) is 0.616. The lowest BCUT2D eigenvalue weighted by Gasteiger charge is -2.37. The van der Waals surface area contributed by atoms with Crippen molar-refractivity contribution >= 4 is 32.9 Å². The van der Waals surface area contributed by atoms with Crippen molar-refractivity contribution in [1.29, 1.82) is 0 Å². The Hall–Kier alpha value is -1.22. The van der Waals surface area contributed by atoms with Gasteiger partial charge in [-0.3, -0.25) is 5.01 Å². The summed E-state index contributed by atoms with van der Waals surface area (Å²) in [5.41, 5.74) is 1.95. The van der Waals surface area contributed by atoms with Crippen LogP contribution in [0.5, 0.6) is 0 Å². The van der Waals surface area contributed by atoms with Crippen molar-refractivity contribution in [1.82, 2.24) is 10.0 Å². The molecule has 0 amide bonds. The number of anilines is 1. The van der Waals surface area contributed by atoms with Gasteiger partial charge in [0.05, 0.1) is 23.7 Å². The van der Waals surface area contributed by atoms with Crippen LogP contribution in [0.25, 0.3) is 0 Å². The average Bonchev–Trinajstić information content (AvgIpc) is 2.65. The summed E-state index contributed by atoms with van der Waals surface area (Å²) in [6.07, 6.45) is -0.954. The minimum absolute atomic E-state index is 0.109. The number of nitrogens with zero attached hydrogens (tertiary/aromatic N) is 2. The van der Waals surface area contributed by atoms with Crippen molar-refractivity contribution in [3.05, 3.63) is 29.8 Å². The summed E-state index contributed by atoms with van der Waals surface area (Å²) in [6, 6.07) is 7.14. The van der Waals surface area contributed by atoms with Gasteiger partial charge < -0.3 is 10.4 Å². The number of thiocarbonyl (C=S) groups is 1. The van der Waals surface area contributed by atoms with E-state index in [0.29, 0.717) is 5.11 Å². The van der Waals surface area contributed by atoms with Crippen LogP contribution in [0.4, 0.5) is 5.69 Å². The van der Waals surface area contributed by atoms with Crippen LogP contribution in [-0.4, -0.2) is 66.4 Å². The predicted octanol–water partition coefficient (Wildman–Crippen LogP) is 0.628. The van der Waals surface area contributed by atoms with E-state index in [1.807, 2.05) is 31.2 Å². The largest absolute Gasteiger partial charge is 0.390 e. The van der Waals surface area contributed by atoms with E-state index in [1.165, 1.54) is 0 Å². The molecule has 2 atom stereocenters. The number of rotatable bonds is 3. The molecule has 0 unspecified atom stereocenters. The van der Waals surface area contributed by atoms with Crippen LogP contribution in [0.15, 0.2) is 24.3 Å². The highest BCUT2D eigenvalue weighted by Gasteiger charge is 2.42. The van der Waals surface area contributed by atoms with Crippen molar-refractivity contribution in [2.45, 2.75) is 19.1 Å². The zero-order chi connectivity index (χ0) is 16.5. The first kappa shape index (κ1) is 17.1. The highest BCUT2D eigenvalue weighted by atomic mass is 32.2. The van der Waals surface area contributed by atoms with E-state index in [1.54, 1.807) is 24.1 Å². The van der Waals surface area contributed by atoms with Crippen LogP contribution in [0.1, 0.15) is 5.56 Å². The summed E-state index contributed by atoms with van der Waals surface area (Å²) in [7, 11) is 0.288. The van der Waals surface area contributed by atoms with Gasteiger partial charge in [-0.2, -0.15) is 0 Å². The Bertz CT molecular complexity index is 644. The highest BCUT2D eigenvalue weighted by Crippen LogP contribution is 2.21. The number of hydrogen-bond acceptors (Lipinski definition) is 5. The van der Waals surface area contributed by atoms with E-state index in [2.05, 4.69) is 5.32 Å². The van der Waals surface area contributed by atoms with Crippen LogP contribution >= 0.6 is 12.2 Å². The predicted molar refractivity (Wildman–Crippen MR) is 91.4 cm³/mol. The van der Waals surface area contributed by atoms with Gasteiger partial charge in [0.1, 0.15) is 0 Å². The second-order valence-corrected chi connectivity index (χ2v) is 8.24. The molecule has 1 aliphatic rings. The van der Waals surface area contributed by atoms with E-state index in [0.717, 1.165) is 11.3 Å². The van der Waals surface area contributed by atoms with E-state index in [4.69, 9.17) is 12.2 Å². The molecular weight excluding hydrogens is 322 g/mol. The van der Waals surface area contributed by atoms with Gasteiger partial charge in [0.2, 0.25) is 0 Å². The molecule has 1 saturated heterocycles. The van der Waals surface area contributed by atoms with Gasteiger partial charge >= 0.3 is 0 Å². The van der Waals surface area contributed by atoms with Crippen LogP contribution in [0.2, 0.25) is 0 Å². The van der Waals surface area contributed by atoms with Gasteiger partial charge in [-0.25, -0.2) is 13.4 Å². The standard InChI is InChI=1S/C14H21N3O3S2/c1-10-4-6-11(7-5-10)15-14(21)17(16(2)3)12-8-22(19,20)9-13(12)18/h4-7,12-13,18H,8-9H2,1-3H3,(H,15,21)/t12-,13+/m0/s1. The van der Waals surface area contributed by atoms with Gasteiger partial charge in [0.15, 0.2) is 14.9 Å². The molecule has 22 heavy (non-hydrogen) atoms. The monoisotopic (exact) mass is 343 g/mol. The first-order valence-electron chi connectivity index (χ1n) is 6.92. The molecule has 0 aliphatic carbocycles. The molecule has 122 valence electrons. The van der Waals surface area contributed by atoms with Crippen molar-refractivity contribution in [3.63, 3.8) is 0 Å². The molecule has 0 radical (unpaired) electrons. The Morgan fingerprint density at radius 1 is 1.27 bits per heavy atom. The third-order valence-corrected chi connectivity index (χ3v) is 5.54. The van der Waals surface area contributed by atoms with Gasteiger partial charge in [-0.05, 0) is 31.3 Å². The van der Waals surface area contributed by atoms with Gasteiger partial charge in [0.25, 0.3) is 0 Å². The van der Waals surface area contributed by atoms with E-state index < -0.39 is 22.0 Å². The fourth-order valence-electron chi connectivity index (χ4n) is 2.49. The van der Waals surface area contributed by atoms with Gasteiger partial charge in [0, 0.05) is 19.8 Å². The maximum atomic E-state index is 11.7. The molecule has 2 N–H and O–H groups in total. The maximum absolute atomic E-state index is 11.7. The van der Waals surface area contributed by atoms with Crippen molar-refractivity contribution in [2.75, 3.05) is 30.9 Å². The first-order valence-corrected chi connectivity index (χ1v) is 9.15. The number of sulfone groups is 1. The zero-order valence-corrected chi connectivity index (χ0v) is 14.5. The zero-order valence-electron chi connectivity index (χ0n) is 12.9. The molecule has 1 aromatic carbocycles. The molecule has 0 saturated carbocycles. The number of hydrogen-bond donors (Lipinski definition) is 2. The minimum Gasteiger partial charge on any atom is -0.390 e. The summed E-state index contributed by atoms with van der Waals surface area (Å²) in [6.45, 7) is 1.99. The Balaban J connectivity index is 2.17. The van der Waals surface area contributed by atoms with Crippen LogP contribution in [-0.2, 0) is 9.84 Å². The van der Waals surface area contributed by atoms with Crippen molar-refractivity contribution in [2.24, 2.45) is 0 Å². The Labute approximate surface area is 136 Å². The Morgan fingerprint density at radius 2 is 1.86 bits per heavy atom. The van der Waals surface area contributed by atoms with Crippen molar-refractivity contribution < 1.29 is 13.5 Å². The molecule has 0 aromatic heterocycles. The summed E-state index contributed by atoms with van der Waals surface area (Å²) in [4.78, 5) is 0. The topological polar surface area (TPSA) is 72.9 Å². The highest BCUT2D eigenvalue weighted by molar-refractivity contribution is 7.91. The smallest absolute Gasteiger partial charge is 0.188 e. The number of aryl methyl sites for hydroxylation is 1. The van der Waals surface area contributed by atoms with Crippen LogP contribution in [0, 0.1) is 6.92 Å². The van der Waals surface area contributed by atoms with E-state index >= 15 is 0 Å². The van der Waals surface area contributed by atoms with Gasteiger partial charge in [-0.15, -0.1) is 0 Å². The van der Waals surface area contributed by atoms with Crippen LogP contribution < -0.4 is 5.32 Å². The lowest BCUT2D eigenvalue weighted by Crippen LogP contribution is -2.54. The van der Waals surface area contributed by atoms with E-state index in [9.17, 15) is 13.5 Å².